The van der Waals surface area contributed by atoms with Crippen molar-refractivity contribution in [3.63, 3.8) is 0 Å². The van der Waals surface area contributed by atoms with E-state index in [-0.39, 0.29) is 11.2 Å². The fourth-order valence-corrected chi connectivity index (χ4v) is 1.90. The lowest BCUT2D eigenvalue weighted by molar-refractivity contribution is 0.551. The average molecular weight is 259 g/mol. The number of aromatic nitrogens is 1. The summed E-state index contributed by atoms with van der Waals surface area (Å²) in [7, 11) is 0. The lowest BCUT2D eigenvalue weighted by Gasteiger charge is -2.26. The predicted molar refractivity (Wildman–Crippen MR) is 76.6 cm³/mol. The van der Waals surface area contributed by atoms with Gasteiger partial charge in [0.2, 0.25) is 0 Å². The van der Waals surface area contributed by atoms with Crippen LogP contribution in [0.1, 0.15) is 19.4 Å². The molecule has 0 saturated carbocycles. The molecule has 0 unspecified atom stereocenters. The third-order valence-electron chi connectivity index (χ3n) is 3.20. The van der Waals surface area contributed by atoms with Gasteiger partial charge in [0.15, 0.2) is 0 Å². The Morgan fingerprint density at radius 3 is 2.68 bits per heavy atom. The molecule has 0 amide bonds. The van der Waals surface area contributed by atoms with Crippen LogP contribution in [0.5, 0.6) is 0 Å². The van der Waals surface area contributed by atoms with Gasteiger partial charge in [-0.2, -0.15) is 0 Å². The fourth-order valence-electron chi connectivity index (χ4n) is 1.90. The third-order valence-corrected chi connectivity index (χ3v) is 3.20. The molecule has 0 radical (unpaired) electrons. The zero-order valence-electron chi connectivity index (χ0n) is 11.2. The molecular weight excluding hydrogens is 241 g/mol. The number of nitrogens with two attached hydrogens (primary N) is 1. The summed E-state index contributed by atoms with van der Waals surface area (Å²) in [6.45, 7) is 4.73. The Bertz CT molecular complexity index is 532. The van der Waals surface area contributed by atoms with Gasteiger partial charge in [0, 0.05) is 24.4 Å². The van der Waals surface area contributed by atoms with E-state index in [9.17, 15) is 4.39 Å². The second-order valence-electron chi connectivity index (χ2n) is 5.18. The number of hydrogen-bond donors (Lipinski definition) is 2. The van der Waals surface area contributed by atoms with Crippen LogP contribution in [0.25, 0.3) is 0 Å². The van der Waals surface area contributed by atoms with Crippen LogP contribution in [-0.4, -0.2) is 11.5 Å². The van der Waals surface area contributed by atoms with E-state index < -0.39 is 0 Å². The van der Waals surface area contributed by atoms with Crippen molar-refractivity contribution in [2.75, 3.05) is 17.6 Å². The first kappa shape index (κ1) is 13.3. The second-order valence-corrected chi connectivity index (χ2v) is 5.18. The largest absolute Gasteiger partial charge is 0.397 e. The summed E-state index contributed by atoms with van der Waals surface area (Å²) in [5.41, 5.74) is 7.48. The number of para-hydroxylation sites is 1. The minimum absolute atomic E-state index is 0.164. The van der Waals surface area contributed by atoms with E-state index in [4.69, 9.17) is 5.73 Å². The normalized spacial score (nSPS) is 11.3. The van der Waals surface area contributed by atoms with Gasteiger partial charge in [-0.05, 0) is 23.8 Å². The standard InChI is InChI=1S/C15H18FN3/c1-15(2,11-5-4-8-18-9-11)10-19-14-12(16)6-3-7-13(14)17/h3-9,19H,10,17H2,1-2H3. The highest BCUT2D eigenvalue weighted by molar-refractivity contribution is 5.66. The molecule has 0 aliphatic carbocycles. The van der Waals surface area contributed by atoms with Crippen molar-refractivity contribution in [2.45, 2.75) is 19.3 Å². The van der Waals surface area contributed by atoms with Crippen molar-refractivity contribution in [3.8, 4) is 0 Å². The summed E-state index contributed by atoms with van der Waals surface area (Å²) in [5.74, 6) is -0.331. The monoisotopic (exact) mass is 259 g/mol. The number of hydrogen-bond acceptors (Lipinski definition) is 3. The fraction of sp³-hybridized carbons (Fsp3) is 0.267. The molecule has 3 nitrogen and oxygen atoms in total. The number of nitrogens with one attached hydrogen (secondary N) is 1. The Balaban J connectivity index is 2.14. The number of nitrogen functional groups attached to an aromatic ring is 1. The maximum atomic E-state index is 13.7. The first-order valence-corrected chi connectivity index (χ1v) is 6.19. The molecule has 2 aromatic rings. The second kappa shape index (κ2) is 5.26. The van der Waals surface area contributed by atoms with Gasteiger partial charge in [0.25, 0.3) is 0 Å². The van der Waals surface area contributed by atoms with E-state index in [0.717, 1.165) is 5.56 Å². The number of halogens is 1. The molecule has 100 valence electrons. The number of nitrogens with zero attached hydrogens (tertiary/aromatic N) is 1. The Kier molecular flexibility index (Phi) is 3.69. The Labute approximate surface area is 112 Å². The first-order valence-electron chi connectivity index (χ1n) is 6.19. The van der Waals surface area contributed by atoms with Crippen LogP contribution < -0.4 is 11.1 Å². The molecule has 0 fully saturated rings. The molecule has 19 heavy (non-hydrogen) atoms. The van der Waals surface area contributed by atoms with Crippen LogP contribution in [0.3, 0.4) is 0 Å². The van der Waals surface area contributed by atoms with E-state index in [1.807, 2.05) is 18.3 Å². The number of pyridine rings is 1. The van der Waals surface area contributed by atoms with Crippen molar-refractivity contribution < 1.29 is 4.39 Å². The summed E-state index contributed by atoms with van der Waals surface area (Å²) >= 11 is 0. The van der Waals surface area contributed by atoms with Gasteiger partial charge in [-0.3, -0.25) is 4.98 Å². The summed E-state index contributed by atoms with van der Waals surface area (Å²) in [5, 5.41) is 3.09. The summed E-state index contributed by atoms with van der Waals surface area (Å²) < 4.78 is 13.7. The summed E-state index contributed by atoms with van der Waals surface area (Å²) in [4.78, 5) is 4.11. The topological polar surface area (TPSA) is 50.9 Å². The minimum atomic E-state index is -0.331. The summed E-state index contributed by atoms with van der Waals surface area (Å²) in [6, 6.07) is 8.59. The highest BCUT2D eigenvalue weighted by Gasteiger charge is 2.21. The van der Waals surface area contributed by atoms with E-state index in [0.29, 0.717) is 17.9 Å². The molecule has 0 bridgehead atoms. The van der Waals surface area contributed by atoms with Gasteiger partial charge in [-0.1, -0.05) is 26.0 Å². The molecule has 0 spiro atoms. The van der Waals surface area contributed by atoms with Crippen LogP contribution in [0.15, 0.2) is 42.7 Å². The molecule has 1 aromatic carbocycles. The van der Waals surface area contributed by atoms with Crippen molar-refractivity contribution in [2.24, 2.45) is 0 Å². The third kappa shape index (κ3) is 3.02. The minimum Gasteiger partial charge on any atom is -0.397 e. The zero-order valence-corrected chi connectivity index (χ0v) is 11.2. The van der Waals surface area contributed by atoms with Crippen LogP contribution in [-0.2, 0) is 5.41 Å². The molecule has 0 atom stereocenters. The molecule has 0 aliphatic rings. The molecule has 4 heteroatoms. The van der Waals surface area contributed by atoms with E-state index in [2.05, 4.69) is 24.1 Å². The quantitative estimate of drug-likeness (QED) is 0.829. The van der Waals surface area contributed by atoms with Gasteiger partial charge in [0.1, 0.15) is 5.82 Å². The van der Waals surface area contributed by atoms with Crippen molar-refractivity contribution in [1.82, 2.24) is 4.98 Å². The van der Waals surface area contributed by atoms with Gasteiger partial charge >= 0.3 is 0 Å². The SMILES string of the molecule is CC(C)(CNc1c(N)cccc1F)c1cccnc1. The van der Waals surface area contributed by atoms with Crippen molar-refractivity contribution >= 4 is 11.4 Å². The smallest absolute Gasteiger partial charge is 0.148 e. The number of rotatable bonds is 4. The Morgan fingerprint density at radius 1 is 1.26 bits per heavy atom. The summed E-state index contributed by atoms with van der Waals surface area (Å²) in [6.07, 6.45) is 3.56. The van der Waals surface area contributed by atoms with Crippen LogP contribution in [0.4, 0.5) is 15.8 Å². The van der Waals surface area contributed by atoms with Crippen LogP contribution >= 0.6 is 0 Å². The van der Waals surface area contributed by atoms with Gasteiger partial charge < -0.3 is 11.1 Å². The lowest BCUT2D eigenvalue weighted by Crippen LogP contribution is -2.28. The molecule has 3 N–H and O–H groups in total. The molecule has 1 heterocycles. The Hall–Kier alpha value is -2.10. The van der Waals surface area contributed by atoms with Gasteiger partial charge in [-0.15, -0.1) is 0 Å². The van der Waals surface area contributed by atoms with E-state index in [1.165, 1.54) is 6.07 Å². The van der Waals surface area contributed by atoms with Crippen molar-refractivity contribution in [3.05, 3.63) is 54.1 Å². The maximum absolute atomic E-state index is 13.7. The number of benzene rings is 1. The van der Waals surface area contributed by atoms with Crippen LogP contribution in [0.2, 0.25) is 0 Å². The van der Waals surface area contributed by atoms with Gasteiger partial charge in [-0.25, -0.2) is 4.39 Å². The van der Waals surface area contributed by atoms with Crippen molar-refractivity contribution in [1.29, 1.82) is 0 Å². The average Bonchev–Trinajstić information content (AvgIpc) is 2.39. The van der Waals surface area contributed by atoms with Crippen LogP contribution in [0, 0.1) is 5.82 Å². The maximum Gasteiger partial charge on any atom is 0.148 e. The first-order chi connectivity index (χ1) is 9.00. The Morgan fingerprint density at radius 2 is 2.05 bits per heavy atom. The zero-order chi connectivity index (χ0) is 13.9. The highest BCUT2D eigenvalue weighted by atomic mass is 19.1. The van der Waals surface area contributed by atoms with E-state index >= 15 is 0 Å². The van der Waals surface area contributed by atoms with Gasteiger partial charge in [0.05, 0.1) is 11.4 Å². The molecule has 0 aliphatic heterocycles. The molecule has 1 aromatic heterocycles. The molecule has 2 rings (SSSR count). The molecular formula is C15H18FN3. The predicted octanol–water partition coefficient (Wildman–Crippen LogP) is 3.19. The number of anilines is 2. The lowest BCUT2D eigenvalue weighted by atomic mass is 9.85. The highest BCUT2D eigenvalue weighted by Crippen LogP contribution is 2.26. The van der Waals surface area contributed by atoms with E-state index in [1.54, 1.807) is 18.3 Å². The molecule has 0 saturated heterocycles.